The van der Waals surface area contributed by atoms with Crippen LogP contribution >= 0.6 is 15.9 Å². The van der Waals surface area contributed by atoms with Gasteiger partial charge in [0.25, 0.3) is 5.91 Å². The Morgan fingerprint density at radius 3 is 2.53 bits per heavy atom. The molecular formula is C14H12BrNO3. The number of phenolic OH excluding ortho intramolecular Hbond substituents is 2. The van der Waals surface area contributed by atoms with E-state index in [9.17, 15) is 15.0 Å². The van der Waals surface area contributed by atoms with Crippen molar-refractivity contribution in [1.29, 1.82) is 0 Å². The average molecular weight is 322 g/mol. The maximum absolute atomic E-state index is 12.0. The molecule has 3 N–H and O–H groups in total. The molecule has 0 aliphatic heterocycles. The Morgan fingerprint density at radius 1 is 1.16 bits per heavy atom. The van der Waals surface area contributed by atoms with Crippen LogP contribution in [-0.4, -0.2) is 16.1 Å². The smallest absolute Gasteiger partial charge is 0.259 e. The standard InChI is InChI=1S/C14H12BrNO3/c1-8-4-9(15)6-10(5-8)16-14(19)12-3-2-11(17)7-13(12)18/h2-7,17-18H,1H3,(H,16,19). The number of halogens is 1. The summed E-state index contributed by atoms with van der Waals surface area (Å²) in [4.78, 5) is 12.0. The van der Waals surface area contributed by atoms with Gasteiger partial charge in [-0.3, -0.25) is 4.79 Å². The molecule has 4 nitrogen and oxygen atoms in total. The minimum absolute atomic E-state index is 0.0904. The summed E-state index contributed by atoms with van der Waals surface area (Å²) in [6, 6.07) is 9.35. The zero-order chi connectivity index (χ0) is 14.0. The van der Waals surface area contributed by atoms with Crippen LogP contribution in [0.15, 0.2) is 40.9 Å². The quantitative estimate of drug-likeness (QED) is 0.793. The molecule has 0 aliphatic carbocycles. The monoisotopic (exact) mass is 321 g/mol. The number of rotatable bonds is 2. The predicted molar refractivity (Wildman–Crippen MR) is 76.6 cm³/mol. The number of carbonyl (C=O) groups is 1. The van der Waals surface area contributed by atoms with Gasteiger partial charge in [-0.2, -0.15) is 0 Å². The number of hydrogen-bond acceptors (Lipinski definition) is 3. The Kier molecular flexibility index (Phi) is 3.76. The summed E-state index contributed by atoms with van der Waals surface area (Å²) >= 11 is 3.35. The van der Waals surface area contributed by atoms with Crippen LogP contribution in [0.1, 0.15) is 15.9 Å². The maximum Gasteiger partial charge on any atom is 0.259 e. The average Bonchev–Trinajstić information content (AvgIpc) is 2.26. The van der Waals surface area contributed by atoms with E-state index in [0.717, 1.165) is 16.1 Å². The van der Waals surface area contributed by atoms with Crippen molar-refractivity contribution in [3.63, 3.8) is 0 Å². The van der Waals surface area contributed by atoms with Gasteiger partial charge in [-0.25, -0.2) is 0 Å². The van der Waals surface area contributed by atoms with E-state index in [1.807, 2.05) is 19.1 Å². The van der Waals surface area contributed by atoms with Crippen LogP contribution < -0.4 is 5.32 Å². The van der Waals surface area contributed by atoms with Crippen LogP contribution in [0.3, 0.4) is 0 Å². The molecule has 0 saturated carbocycles. The molecule has 5 heteroatoms. The second-order valence-corrected chi connectivity index (χ2v) is 5.09. The van der Waals surface area contributed by atoms with Crippen LogP contribution in [0.4, 0.5) is 5.69 Å². The van der Waals surface area contributed by atoms with E-state index in [1.54, 1.807) is 6.07 Å². The Labute approximate surface area is 118 Å². The number of carbonyl (C=O) groups excluding carboxylic acids is 1. The number of hydrogen-bond donors (Lipinski definition) is 3. The van der Waals surface area contributed by atoms with Gasteiger partial charge < -0.3 is 15.5 Å². The summed E-state index contributed by atoms with van der Waals surface area (Å²) in [5.74, 6) is -0.786. The van der Waals surface area contributed by atoms with Crippen LogP contribution in [0.25, 0.3) is 0 Å². The van der Waals surface area contributed by atoms with Gasteiger partial charge in [0.05, 0.1) is 5.56 Å². The molecule has 0 heterocycles. The molecule has 0 bridgehead atoms. The zero-order valence-corrected chi connectivity index (χ0v) is 11.7. The van der Waals surface area contributed by atoms with Crippen molar-refractivity contribution in [2.24, 2.45) is 0 Å². The molecule has 0 unspecified atom stereocenters. The molecule has 2 rings (SSSR count). The van der Waals surface area contributed by atoms with E-state index < -0.39 is 5.91 Å². The highest BCUT2D eigenvalue weighted by atomic mass is 79.9. The first-order chi connectivity index (χ1) is 8.95. The van der Waals surface area contributed by atoms with Crippen molar-refractivity contribution in [2.45, 2.75) is 6.92 Å². The minimum Gasteiger partial charge on any atom is -0.508 e. The fourth-order valence-electron chi connectivity index (χ4n) is 1.72. The number of aromatic hydroxyl groups is 2. The number of benzene rings is 2. The van der Waals surface area contributed by atoms with Gasteiger partial charge in [-0.05, 0) is 42.8 Å². The highest BCUT2D eigenvalue weighted by Crippen LogP contribution is 2.24. The van der Waals surface area contributed by atoms with Crippen LogP contribution in [0.5, 0.6) is 11.5 Å². The first kappa shape index (κ1) is 13.4. The first-order valence-electron chi connectivity index (χ1n) is 5.56. The highest BCUT2D eigenvalue weighted by Gasteiger charge is 2.12. The number of phenols is 2. The van der Waals surface area contributed by atoms with Crippen molar-refractivity contribution in [1.82, 2.24) is 0 Å². The third-order valence-corrected chi connectivity index (χ3v) is 2.98. The van der Waals surface area contributed by atoms with Gasteiger partial charge in [0, 0.05) is 16.2 Å². The molecule has 0 aliphatic rings. The maximum atomic E-state index is 12.0. The van der Waals surface area contributed by atoms with Crippen molar-refractivity contribution in [3.8, 4) is 11.5 Å². The van der Waals surface area contributed by atoms with E-state index in [1.165, 1.54) is 12.1 Å². The molecule has 98 valence electrons. The Balaban J connectivity index is 2.25. The van der Waals surface area contributed by atoms with Crippen LogP contribution in [0, 0.1) is 6.92 Å². The SMILES string of the molecule is Cc1cc(Br)cc(NC(=O)c2ccc(O)cc2O)c1. The van der Waals surface area contributed by atoms with Crippen molar-refractivity contribution in [2.75, 3.05) is 5.32 Å². The van der Waals surface area contributed by atoms with Gasteiger partial charge in [-0.15, -0.1) is 0 Å². The summed E-state index contributed by atoms with van der Waals surface area (Å²) in [7, 11) is 0. The molecule has 0 aromatic heterocycles. The summed E-state index contributed by atoms with van der Waals surface area (Å²) in [5, 5.41) is 21.5. The topological polar surface area (TPSA) is 69.6 Å². The third-order valence-electron chi connectivity index (χ3n) is 2.53. The largest absolute Gasteiger partial charge is 0.508 e. The van der Waals surface area contributed by atoms with Crippen LogP contribution in [-0.2, 0) is 0 Å². The Morgan fingerprint density at radius 2 is 1.89 bits per heavy atom. The second kappa shape index (κ2) is 5.32. The van der Waals surface area contributed by atoms with E-state index >= 15 is 0 Å². The van der Waals surface area contributed by atoms with Crippen molar-refractivity contribution < 1.29 is 15.0 Å². The molecule has 0 saturated heterocycles. The minimum atomic E-state index is -0.435. The molecule has 19 heavy (non-hydrogen) atoms. The lowest BCUT2D eigenvalue weighted by Crippen LogP contribution is -2.12. The lowest BCUT2D eigenvalue weighted by Gasteiger charge is -2.08. The normalized spacial score (nSPS) is 10.2. The van der Waals surface area contributed by atoms with Gasteiger partial charge in [0.1, 0.15) is 11.5 Å². The molecule has 2 aromatic rings. The van der Waals surface area contributed by atoms with Gasteiger partial charge in [-0.1, -0.05) is 15.9 Å². The number of nitrogens with one attached hydrogen (secondary N) is 1. The third kappa shape index (κ3) is 3.26. The first-order valence-corrected chi connectivity index (χ1v) is 6.35. The van der Waals surface area contributed by atoms with Gasteiger partial charge >= 0.3 is 0 Å². The lowest BCUT2D eigenvalue weighted by molar-refractivity contribution is 0.102. The molecule has 0 radical (unpaired) electrons. The predicted octanol–water partition coefficient (Wildman–Crippen LogP) is 3.42. The fourth-order valence-corrected chi connectivity index (χ4v) is 2.33. The summed E-state index contributed by atoms with van der Waals surface area (Å²) < 4.78 is 0.859. The number of aryl methyl sites for hydroxylation is 1. The zero-order valence-electron chi connectivity index (χ0n) is 10.1. The fraction of sp³-hybridized carbons (Fsp3) is 0.0714. The van der Waals surface area contributed by atoms with E-state index in [2.05, 4.69) is 21.2 Å². The van der Waals surface area contributed by atoms with Gasteiger partial charge in [0.15, 0.2) is 0 Å². The Bertz CT molecular complexity index is 620. The summed E-state index contributed by atoms with van der Waals surface area (Å²) in [6.45, 7) is 1.92. The summed E-state index contributed by atoms with van der Waals surface area (Å²) in [6.07, 6.45) is 0. The van der Waals surface area contributed by atoms with Crippen LogP contribution in [0.2, 0.25) is 0 Å². The van der Waals surface area contributed by atoms with Gasteiger partial charge in [0.2, 0.25) is 0 Å². The second-order valence-electron chi connectivity index (χ2n) is 4.17. The van der Waals surface area contributed by atoms with Crippen molar-refractivity contribution >= 4 is 27.5 Å². The number of anilines is 1. The molecule has 0 atom stereocenters. The molecule has 1 amide bonds. The molecular weight excluding hydrogens is 310 g/mol. The lowest BCUT2D eigenvalue weighted by atomic mass is 10.1. The molecule has 2 aromatic carbocycles. The van der Waals surface area contributed by atoms with E-state index in [4.69, 9.17) is 0 Å². The van der Waals surface area contributed by atoms with E-state index in [0.29, 0.717) is 5.69 Å². The van der Waals surface area contributed by atoms with E-state index in [-0.39, 0.29) is 17.1 Å². The highest BCUT2D eigenvalue weighted by molar-refractivity contribution is 9.10. The molecule has 0 fully saturated rings. The van der Waals surface area contributed by atoms with Crippen molar-refractivity contribution in [3.05, 3.63) is 52.0 Å². The Hall–Kier alpha value is -2.01. The summed E-state index contributed by atoms with van der Waals surface area (Å²) in [5.41, 5.74) is 1.74. The number of amides is 1. The molecule has 0 spiro atoms.